The second-order valence-corrected chi connectivity index (χ2v) is 4.46. The van der Waals surface area contributed by atoms with Gasteiger partial charge in [-0.2, -0.15) is 18.4 Å². The minimum atomic E-state index is -4.58. The smallest absolute Gasteiger partial charge is 0.370 e. The second-order valence-electron chi connectivity index (χ2n) is 4.46. The van der Waals surface area contributed by atoms with Crippen LogP contribution in [0.3, 0.4) is 0 Å². The van der Waals surface area contributed by atoms with Gasteiger partial charge in [0.25, 0.3) is 0 Å². The van der Waals surface area contributed by atoms with E-state index in [-0.39, 0.29) is 17.8 Å². The summed E-state index contributed by atoms with van der Waals surface area (Å²) in [5, 5.41) is 8.79. The van der Waals surface area contributed by atoms with Crippen LogP contribution in [-0.2, 0) is 6.18 Å². The maximum Gasteiger partial charge on any atom is 0.417 e. The minimum Gasteiger partial charge on any atom is -0.370 e. The van der Waals surface area contributed by atoms with E-state index in [1.807, 2.05) is 6.07 Å². The van der Waals surface area contributed by atoms with Gasteiger partial charge < -0.3 is 4.90 Å². The Balaban J connectivity index is 3.19. The molecule has 0 saturated carbocycles. The Hall–Kier alpha value is -2.03. The largest absolute Gasteiger partial charge is 0.417 e. The summed E-state index contributed by atoms with van der Waals surface area (Å²) >= 11 is 0. The maximum atomic E-state index is 12.9. The van der Waals surface area contributed by atoms with Gasteiger partial charge in [-0.25, -0.2) is 0 Å². The molecule has 0 bridgehead atoms. The molecular weight excluding hydrogens is 269 g/mol. The maximum absolute atomic E-state index is 12.9. The van der Waals surface area contributed by atoms with E-state index in [0.717, 1.165) is 12.1 Å². The van der Waals surface area contributed by atoms with Crippen LogP contribution in [0.4, 0.5) is 18.9 Å². The second kappa shape index (κ2) is 6.42. The Labute approximate surface area is 115 Å². The number of anilines is 1. The van der Waals surface area contributed by atoms with Crippen molar-refractivity contribution >= 4 is 12.0 Å². The van der Waals surface area contributed by atoms with Gasteiger partial charge in [0.2, 0.25) is 0 Å². The highest BCUT2D eigenvalue weighted by molar-refractivity contribution is 5.79. The van der Waals surface area contributed by atoms with Crippen molar-refractivity contribution in [2.24, 2.45) is 5.92 Å². The van der Waals surface area contributed by atoms with Crippen LogP contribution in [0, 0.1) is 17.2 Å². The van der Waals surface area contributed by atoms with Gasteiger partial charge in [0.15, 0.2) is 6.29 Å². The fourth-order valence-electron chi connectivity index (χ4n) is 1.88. The number of nitriles is 1. The van der Waals surface area contributed by atoms with Crippen molar-refractivity contribution < 1.29 is 18.0 Å². The van der Waals surface area contributed by atoms with Crippen molar-refractivity contribution in [3.8, 4) is 6.07 Å². The first-order valence-corrected chi connectivity index (χ1v) is 6.14. The van der Waals surface area contributed by atoms with Crippen molar-refractivity contribution in [2.75, 3.05) is 18.0 Å². The molecule has 3 nitrogen and oxygen atoms in total. The molecule has 0 heterocycles. The van der Waals surface area contributed by atoms with E-state index in [2.05, 4.69) is 0 Å². The number of nitrogens with zero attached hydrogens (tertiary/aromatic N) is 2. The molecule has 108 valence electrons. The van der Waals surface area contributed by atoms with Gasteiger partial charge in [-0.05, 0) is 32.0 Å². The summed E-state index contributed by atoms with van der Waals surface area (Å²) in [5.41, 5.74) is -0.980. The highest BCUT2D eigenvalue weighted by atomic mass is 19.4. The molecule has 1 unspecified atom stereocenters. The minimum absolute atomic E-state index is 0.195. The van der Waals surface area contributed by atoms with E-state index in [4.69, 9.17) is 5.26 Å². The molecule has 20 heavy (non-hydrogen) atoms. The van der Waals surface area contributed by atoms with E-state index >= 15 is 0 Å². The number of carbonyl (C=O) groups excluding carboxylic acids is 1. The number of rotatable bonds is 5. The molecule has 0 spiro atoms. The fraction of sp³-hybridized carbons (Fsp3) is 0.429. The number of carbonyl (C=O) groups is 1. The molecule has 0 aliphatic carbocycles. The molecule has 1 atom stereocenters. The summed E-state index contributed by atoms with van der Waals surface area (Å²) < 4.78 is 38.6. The van der Waals surface area contributed by atoms with Crippen LogP contribution in [0.25, 0.3) is 0 Å². The Morgan fingerprint density at radius 1 is 1.45 bits per heavy atom. The highest BCUT2D eigenvalue weighted by Gasteiger charge is 2.34. The van der Waals surface area contributed by atoms with Crippen molar-refractivity contribution in [2.45, 2.75) is 20.0 Å². The summed E-state index contributed by atoms with van der Waals surface area (Å²) in [6, 6.07) is 5.62. The van der Waals surface area contributed by atoms with Crippen LogP contribution in [0.5, 0.6) is 0 Å². The van der Waals surface area contributed by atoms with Gasteiger partial charge in [-0.15, -0.1) is 0 Å². The van der Waals surface area contributed by atoms with Gasteiger partial charge in [-0.1, -0.05) is 0 Å². The van der Waals surface area contributed by atoms with E-state index in [1.165, 1.54) is 6.07 Å². The Bertz CT molecular complexity index is 520. The molecule has 1 rings (SSSR count). The molecule has 0 radical (unpaired) electrons. The lowest BCUT2D eigenvalue weighted by Crippen LogP contribution is -2.28. The van der Waals surface area contributed by atoms with Crippen molar-refractivity contribution in [1.82, 2.24) is 0 Å². The lowest BCUT2D eigenvalue weighted by Gasteiger charge is -2.25. The fourth-order valence-corrected chi connectivity index (χ4v) is 1.88. The van der Waals surface area contributed by atoms with Crippen LogP contribution in [0.15, 0.2) is 18.2 Å². The summed E-state index contributed by atoms with van der Waals surface area (Å²) in [7, 11) is 0. The SMILES string of the molecule is CCN(CC(C)C#N)c1ccc(C=O)c(C(F)(F)F)c1. The average Bonchev–Trinajstić information content (AvgIpc) is 2.42. The van der Waals surface area contributed by atoms with Gasteiger partial charge >= 0.3 is 6.18 Å². The Morgan fingerprint density at radius 2 is 2.10 bits per heavy atom. The summed E-state index contributed by atoms with van der Waals surface area (Å²) in [6.45, 7) is 4.31. The van der Waals surface area contributed by atoms with Gasteiger partial charge in [0.05, 0.1) is 17.6 Å². The molecule has 0 aromatic heterocycles. The summed E-state index contributed by atoms with van der Waals surface area (Å²) in [6.07, 6.45) is -4.38. The number of benzene rings is 1. The van der Waals surface area contributed by atoms with E-state index < -0.39 is 11.7 Å². The zero-order chi connectivity index (χ0) is 15.3. The standard InChI is InChI=1S/C14H15F3N2O/c1-3-19(8-10(2)7-18)12-5-4-11(9-20)13(6-12)14(15,16)17/h4-6,9-10H,3,8H2,1-2H3. The van der Waals surface area contributed by atoms with Crippen molar-refractivity contribution in [3.63, 3.8) is 0 Å². The van der Waals surface area contributed by atoms with Crippen molar-refractivity contribution in [1.29, 1.82) is 5.26 Å². The normalized spacial score (nSPS) is 12.6. The number of halogens is 3. The quantitative estimate of drug-likeness (QED) is 0.777. The predicted molar refractivity (Wildman–Crippen MR) is 69.5 cm³/mol. The third-order valence-electron chi connectivity index (χ3n) is 2.93. The molecule has 0 fully saturated rings. The van der Waals surface area contributed by atoms with E-state index in [1.54, 1.807) is 18.7 Å². The molecule has 0 aliphatic rings. The third kappa shape index (κ3) is 3.73. The third-order valence-corrected chi connectivity index (χ3v) is 2.93. The first-order valence-electron chi connectivity index (χ1n) is 6.14. The molecule has 0 amide bonds. The first-order chi connectivity index (χ1) is 9.33. The molecule has 6 heteroatoms. The summed E-state index contributed by atoms with van der Waals surface area (Å²) in [4.78, 5) is 12.4. The lowest BCUT2D eigenvalue weighted by atomic mass is 10.1. The number of hydrogen-bond donors (Lipinski definition) is 0. The number of hydrogen-bond acceptors (Lipinski definition) is 3. The predicted octanol–water partition coefficient (Wildman–Crippen LogP) is 3.50. The average molecular weight is 284 g/mol. The van der Waals surface area contributed by atoms with Crippen LogP contribution in [-0.4, -0.2) is 19.4 Å². The van der Waals surface area contributed by atoms with Crippen molar-refractivity contribution in [3.05, 3.63) is 29.3 Å². The monoisotopic (exact) mass is 284 g/mol. The lowest BCUT2D eigenvalue weighted by molar-refractivity contribution is -0.137. The molecule has 0 N–H and O–H groups in total. The van der Waals surface area contributed by atoms with Crippen LogP contribution in [0.2, 0.25) is 0 Å². The Morgan fingerprint density at radius 3 is 2.55 bits per heavy atom. The molecule has 0 saturated heterocycles. The molecule has 1 aromatic rings. The van der Waals surface area contributed by atoms with Crippen LogP contribution in [0.1, 0.15) is 29.8 Å². The van der Waals surface area contributed by atoms with E-state index in [9.17, 15) is 18.0 Å². The molecule has 1 aromatic carbocycles. The molecular formula is C14H15F3N2O. The number of alkyl halides is 3. The highest BCUT2D eigenvalue weighted by Crippen LogP contribution is 2.34. The number of aldehydes is 1. The Kier molecular flexibility index (Phi) is 5.14. The van der Waals surface area contributed by atoms with E-state index in [0.29, 0.717) is 18.8 Å². The topological polar surface area (TPSA) is 44.1 Å². The van der Waals surface area contributed by atoms with Crippen LogP contribution < -0.4 is 4.90 Å². The zero-order valence-electron chi connectivity index (χ0n) is 11.2. The van der Waals surface area contributed by atoms with Gasteiger partial charge in [0, 0.05) is 24.3 Å². The van der Waals surface area contributed by atoms with Gasteiger partial charge in [0.1, 0.15) is 0 Å². The zero-order valence-corrected chi connectivity index (χ0v) is 11.2. The first kappa shape index (κ1) is 16.0. The van der Waals surface area contributed by atoms with Crippen LogP contribution >= 0.6 is 0 Å². The van der Waals surface area contributed by atoms with Gasteiger partial charge in [-0.3, -0.25) is 4.79 Å². The molecule has 0 aliphatic heterocycles. The summed E-state index contributed by atoms with van der Waals surface area (Å²) in [5.74, 6) is -0.296.